The highest BCUT2D eigenvalue weighted by atomic mass is 16.5. The van der Waals surface area contributed by atoms with E-state index < -0.39 is 0 Å². The molecular formula is C28H31N5O2. The fourth-order valence-electron chi connectivity index (χ4n) is 5.21. The Hall–Kier alpha value is -3.74. The number of anilines is 1. The molecule has 1 aliphatic rings. The number of hydrogen-bond acceptors (Lipinski definition) is 6. The lowest BCUT2D eigenvalue weighted by Gasteiger charge is -2.23. The van der Waals surface area contributed by atoms with Crippen molar-refractivity contribution in [2.75, 3.05) is 12.8 Å². The van der Waals surface area contributed by atoms with Crippen LogP contribution in [-0.4, -0.2) is 32.5 Å². The Morgan fingerprint density at radius 1 is 1.11 bits per heavy atom. The van der Waals surface area contributed by atoms with Crippen LogP contribution in [0.1, 0.15) is 73.5 Å². The molecule has 35 heavy (non-hydrogen) atoms. The average molecular weight is 470 g/mol. The SMILES string of the molecule is CCc1cc(-c2ccc(-c3cnn4c(N)c(C(C)=O)c(C5CCCCC5)nc34)cn2)ccc1OC. The molecule has 180 valence electrons. The number of carbonyl (C=O) groups is 1. The van der Waals surface area contributed by atoms with Crippen molar-refractivity contribution in [2.45, 2.75) is 58.3 Å². The maximum absolute atomic E-state index is 12.5. The number of ether oxygens (including phenoxy) is 1. The van der Waals surface area contributed by atoms with Crippen LogP contribution in [0.2, 0.25) is 0 Å². The first-order valence-corrected chi connectivity index (χ1v) is 12.3. The van der Waals surface area contributed by atoms with E-state index in [2.05, 4.69) is 18.1 Å². The van der Waals surface area contributed by atoms with Crippen molar-refractivity contribution in [1.82, 2.24) is 19.6 Å². The number of rotatable bonds is 6. The Bertz CT molecular complexity index is 1380. The monoisotopic (exact) mass is 469 g/mol. The summed E-state index contributed by atoms with van der Waals surface area (Å²) in [6, 6.07) is 10.2. The molecule has 0 saturated heterocycles. The van der Waals surface area contributed by atoms with Gasteiger partial charge in [-0.2, -0.15) is 9.61 Å². The molecule has 4 aromatic rings. The minimum atomic E-state index is -0.0634. The van der Waals surface area contributed by atoms with Gasteiger partial charge in [0.15, 0.2) is 11.4 Å². The lowest BCUT2D eigenvalue weighted by atomic mass is 9.84. The average Bonchev–Trinajstić information content (AvgIpc) is 3.33. The third-order valence-electron chi connectivity index (χ3n) is 7.09. The van der Waals surface area contributed by atoms with Gasteiger partial charge in [0, 0.05) is 28.8 Å². The third-order valence-corrected chi connectivity index (χ3v) is 7.09. The minimum absolute atomic E-state index is 0.0634. The molecule has 0 atom stereocenters. The van der Waals surface area contributed by atoms with Crippen LogP contribution in [0.5, 0.6) is 5.75 Å². The molecule has 5 rings (SSSR count). The number of ketones is 1. The first-order chi connectivity index (χ1) is 17.0. The quantitative estimate of drug-likeness (QED) is 0.355. The molecule has 1 fully saturated rings. The van der Waals surface area contributed by atoms with E-state index in [0.29, 0.717) is 17.0 Å². The van der Waals surface area contributed by atoms with Gasteiger partial charge in [-0.1, -0.05) is 32.3 Å². The van der Waals surface area contributed by atoms with Crippen LogP contribution < -0.4 is 10.5 Å². The van der Waals surface area contributed by atoms with Gasteiger partial charge < -0.3 is 10.5 Å². The second-order valence-electron chi connectivity index (χ2n) is 9.25. The molecule has 3 aromatic heterocycles. The standard InChI is InChI=1S/C28H31N5O2/c1-4-18-14-20(11-13-24(18)35-3)23-12-10-21(15-30-23)22-16-31-33-27(29)25(17(2)34)26(32-28(22)33)19-8-6-5-7-9-19/h10-16,19H,4-9,29H2,1-3H3. The number of nitrogen functional groups attached to an aromatic ring is 1. The van der Waals surface area contributed by atoms with Gasteiger partial charge in [0.2, 0.25) is 0 Å². The largest absolute Gasteiger partial charge is 0.496 e. The zero-order chi connectivity index (χ0) is 24.5. The molecule has 0 amide bonds. The number of aromatic nitrogens is 4. The smallest absolute Gasteiger partial charge is 0.165 e. The van der Waals surface area contributed by atoms with Crippen molar-refractivity contribution in [3.8, 4) is 28.1 Å². The van der Waals surface area contributed by atoms with Gasteiger partial charge in [0.25, 0.3) is 0 Å². The summed E-state index contributed by atoms with van der Waals surface area (Å²) >= 11 is 0. The lowest BCUT2D eigenvalue weighted by Crippen LogP contribution is -2.17. The molecule has 1 saturated carbocycles. The Balaban J connectivity index is 1.56. The van der Waals surface area contributed by atoms with Crippen molar-refractivity contribution < 1.29 is 9.53 Å². The number of benzene rings is 1. The third kappa shape index (κ3) is 4.16. The number of nitrogens with zero attached hydrogens (tertiary/aromatic N) is 4. The summed E-state index contributed by atoms with van der Waals surface area (Å²) in [6.07, 6.45) is 10.1. The van der Waals surface area contributed by atoms with Crippen LogP contribution in [0.15, 0.2) is 42.7 Å². The summed E-state index contributed by atoms with van der Waals surface area (Å²) in [5.41, 5.74) is 13.3. The van der Waals surface area contributed by atoms with E-state index in [1.165, 1.54) is 6.42 Å². The van der Waals surface area contributed by atoms with E-state index in [1.807, 2.05) is 30.5 Å². The van der Waals surface area contributed by atoms with E-state index in [-0.39, 0.29) is 11.7 Å². The number of carbonyl (C=O) groups excluding carboxylic acids is 1. The van der Waals surface area contributed by atoms with Crippen molar-refractivity contribution in [3.63, 3.8) is 0 Å². The van der Waals surface area contributed by atoms with E-state index in [4.69, 9.17) is 20.4 Å². The number of nitrogens with two attached hydrogens (primary N) is 1. The first kappa shape index (κ1) is 23.0. The molecule has 2 N–H and O–H groups in total. The van der Waals surface area contributed by atoms with Crippen molar-refractivity contribution in [3.05, 3.63) is 59.5 Å². The lowest BCUT2D eigenvalue weighted by molar-refractivity contribution is 0.101. The molecule has 0 aliphatic heterocycles. The zero-order valence-electron chi connectivity index (χ0n) is 20.5. The molecule has 1 aromatic carbocycles. The van der Waals surface area contributed by atoms with Crippen molar-refractivity contribution in [1.29, 1.82) is 0 Å². The Kier molecular flexibility index (Phi) is 6.24. The van der Waals surface area contributed by atoms with Crippen molar-refractivity contribution in [2.24, 2.45) is 0 Å². The van der Waals surface area contributed by atoms with Crippen LogP contribution in [0.4, 0.5) is 5.82 Å². The Morgan fingerprint density at radius 2 is 1.89 bits per heavy atom. The summed E-state index contributed by atoms with van der Waals surface area (Å²) in [5.74, 6) is 1.44. The zero-order valence-corrected chi connectivity index (χ0v) is 20.5. The minimum Gasteiger partial charge on any atom is -0.496 e. The highest BCUT2D eigenvalue weighted by Crippen LogP contribution is 2.37. The summed E-state index contributed by atoms with van der Waals surface area (Å²) in [5, 5.41) is 4.48. The predicted octanol–water partition coefficient (Wildman–Crippen LogP) is 5.86. The number of hydrogen-bond donors (Lipinski definition) is 1. The summed E-state index contributed by atoms with van der Waals surface area (Å²) in [7, 11) is 1.69. The molecule has 0 unspecified atom stereocenters. The number of aryl methyl sites for hydroxylation is 1. The van der Waals surface area contributed by atoms with E-state index in [9.17, 15) is 4.79 Å². The maximum atomic E-state index is 12.5. The molecule has 7 nitrogen and oxygen atoms in total. The van der Waals surface area contributed by atoms with Crippen LogP contribution in [0.25, 0.3) is 28.0 Å². The summed E-state index contributed by atoms with van der Waals surface area (Å²) in [6.45, 7) is 3.67. The highest BCUT2D eigenvalue weighted by Gasteiger charge is 2.26. The highest BCUT2D eigenvalue weighted by molar-refractivity contribution is 6.00. The predicted molar refractivity (Wildman–Crippen MR) is 138 cm³/mol. The number of pyridine rings is 1. The van der Waals surface area contributed by atoms with Gasteiger partial charge in [-0.25, -0.2) is 4.98 Å². The topological polar surface area (TPSA) is 95.4 Å². The second-order valence-corrected chi connectivity index (χ2v) is 9.25. The Labute approximate surface area is 205 Å². The molecule has 0 spiro atoms. The molecule has 1 aliphatic carbocycles. The van der Waals surface area contributed by atoms with Gasteiger partial charge in [-0.15, -0.1) is 0 Å². The van der Waals surface area contributed by atoms with Crippen LogP contribution in [0, 0.1) is 0 Å². The maximum Gasteiger partial charge on any atom is 0.165 e. The Morgan fingerprint density at radius 3 is 2.54 bits per heavy atom. The number of fused-ring (bicyclic) bond motifs is 1. The van der Waals surface area contributed by atoms with Gasteiger partial charge >= 0.3 is 0 Å². The van der Waals surface area contributed by atoms with Gasteiger partial charge in [-0.3, -0.25) is 9.78 Å². The normalized spacial score (nSPS) is 14.4. The van der Waals surface area contributed by atoms with Gasteiger partial charge in [0.1, 0.15) is 11.6 Å². The van der Waals surface area contributed by atoms with Crippen molar-refractivity contribution >= 4 is 17.2 Å². The molecule has 7 heteroatoms. The molecule has 3 heterocycles. The van der Waals surface area contributed by atoms with E-state index in [1.54, 1.807) is 24.7 Å². The number of methoxy groups -OCH3 is 1. The molecule has 0 radical (unpaired) electrons. The summed E-state index contributed by atoms with van der Waals surface area (Å²) in [4.78, 5) is 22.3. The summed E-state index contributed by atoms with van der Waals surface area (Å²) < 4.78 is 7.04. The van der Waals surface area contributed by atoms with E-state index in [0.717, 1.165) is 71.5 Å². The fraction of sp³-hybridized carbons (Fsp3) is 0.357. The molecule has 0 bridgehead atoms. The van der Waals surface area contributed by atoms with Gasteiger partial charge in [0.05, 0.1) is 30.3 Å². The second kappa shape index (κ2) is 9.49. The van der Waals surface area contributed by atoms with Gasteiger partial charge in [-0.05, 0) is 56.0 Å². The fourth-order valence-corrected chi connectivity index (χ4v) is 5.21. The molecular weight excluding hydrogens is 438 g/mol. The van der Waals surface area contributed by atoms with Crippen LogP contribution >= 0.6 is 0 Å². The van der Waals surface area contributed by atoms with E-state index >= 15 is 0 Å². The van der Waals surface area contributed by atoms with Crippen LogP contribution in [0.3, 0.4) is 0 Å². The number of Topliss-reactive ketones (excluding diaryl/α,β-unsaturated/α-hetero) is 1. The van der Waals surface area contributed by atoms with Crippen LogP contribution in [-0.2, 0) is 6.42 Å². The first-order valence-electron chi connectivity index (χ1n) is 12.3.